The Bertz CT molecular complexity index is 526. The van der Waals surface area contributed by atoms with Gasteiger partial charge in [0.2, 0.25) is 5.76 Å². The number of hydrogen-bond acceptors (Lipinski definition) is 4. The van der Waals surface area contributed by atoms with Gasteiger partial charge in [0.15, 0.2) is 14.1 Å². The van der Waals surface area contributed by atoms with E-state index in [1.165, 1.54) is 7.11 Å². The van der Waals surface area contributed by atoms with Crippen LogP contribution in [0, 0.1) is 11.8 Å². The number of carbonyl (C=O) groups excluding carboxylic acids is 1. The molecule has 0 saturated carbocycles. The van der Waals surface area contributed by atoms with Gasteiger partial charge in [-0.3, -0.25) is 0 Å². The van der Waals surface area contributed by atoms with Crippen LogP contribution in [0.4, 0.5) is 0 Å². The molecule has 20 heavy (non-hydrogen) atoms. The highest BCUT2D eigenvalue weighted by molar-refractivity contribution is 6.74. The average Bonchev–Trinajstić information content (AvgIpc) is 2.81. The molecule has 1 aromatic rings. The summed E-state index contributed by atoms with van der Waals surface area (Å²) >= 11 is 0. The second kappa shape index (κ2) is 6.29. The first-order chi connectivity index (χ1) is 9.17. The predicted octanol–water partition coefficient (Wildman–Crippen LogP) is 3.44. The third kappa shape index (κ3) is 4.25. The van der Waals surface area contributed by atoms with Crippen LogP contribution in [0.25, 0.3) is 0 Å². The van der Waals surface area contributed by atoms with E-state index in [2.05, 4.69) is 50.4 Å². The second-order valence-corrected chi connectivity index (χ2v) is 10.8. The molecule has 0 atom stereocenters. The van der Waals surface area contributed by atoms with Crippen LogP contribution < -0.4 is 0 Å². The minimum atomic E-state index is -1.77. The molecule has 0 aliphatic heterocycles. The Balaban J connectivity index is 2.60. The fourth-order valence-electron chi connectivity index (χ4n) is 1.17. The largest absolute Gasteiger partial charge is 0.463 e. The molecule has 4 nitrogen and oxygen atoms in total. The third-order valence-electron chi connectivity index (χ3n) is 3.52. The van der Waals surface area contributed by atoms with Gasteiger partial charge in [0, 0.05) is 0 Å². The van der Waals surface area contributed by atoms with Crippen LogP contribution in [0.2, 0.25) is 18.1 Å². The van der Waals surface area contributed by atoms with Crippen molar-refractivity contribution < 1.29 is 18.4 Å². The van der Waals surface area contributed by atoms with Crippen LogP contribution in [-0.2, 0) is 9.16 Å². The lowest BCUT2D eigenvalue weighted by Crippen LogP contribution is -2.40. The quantitative estimate of drug-likeness (QED) is 0.487. The van der Waals surface area contributed by atoms with E-state index in [0.29, 0.717) is 12.4 Å². The Hall–Kier alpha value is -1.51. The van der Waals surface area contributed by atoms with Crippen molar-refractivity contribution in [1.82, 2.24) is 0 Å². The van der Waals surface area contributed by atoms with E-state index in [-0.39, 0.29) is 10.8 Å². The van der Waals surface area contributed by atoms with Crippen molar-refractivity contribution in [3.05, 3.63) is 23.7 Å². The van der Waals surface area contributed by atoms with Gasteiger partial charge in [-0.05, 0) is 36.2 Å². The molecule has 0 aromatic carbocycles. The average molecular weight is 294 g/mol. The fourth-order valence-corrected chi connectivity index (χ4v) is 2.04. The first-order valence-electron chi connectivity index (χ1n) is 6.48. The molecule has 0 aliphatic carbocycles. The van der Waals surface area contributed by atoms with Gasteiger partial charge in [-0.2, -0.15) is 0 Å². The van der Waals surface area contributed by atoms with Crippen molar-refractivity contribution in [2.45, 2.75) is 38.9 Å². The van der Waals surface area contributed by atoms with Gasteiger partial charge in [-0.1, -0.05) is 26.7 Å². The van der Waals surface area contributed by atoms with Gasteiger partial charge in [0.25, 0.3) is 0 Å². The highest BCUT2D eigenvalue weighted by Crippen LogP contribution is 2.36. The Kier molecular flexibility index (Phi) is 5.20. The Morgan fingerprint density at radius 2 is 2.00 bits per heavy atom. The summed E-state index contributed by atoms with van der Waals surface area (Å²) in [6, 6.07) is 3.19. The third-order valence-corrected chi connectivity index (χ3v) is 7.99. The lowest BCUT2D eigenvalue weighted by Gasteiger charge is -2.35. The van der Waals surface area contributed by atoms with E-state index in [1.807, 2.05) is 0 Å². The Morgan fingerprint density at radius 1 is 1.35 bits per heavy atom. The predicted molar refractivity (Wildman–Crippen MR) is 80.1 cm³/mol. The zero-order valence-electron chi connectivity index (χ0n) is 13.0. The summed E-state index contributed by atoms with van der Waals surface area (Å²) in [5.41, 5.74) is 0. The number of furan rings is 1. The summed E-state index contributed by atoms with van der Waals surface area (Å²) in [7, 11) is -0.460. The summed E-state index contributed by atoms with van der Waals surface area (Å²) in [5, 5.41) is 0.164. The van der Waals surface area contributed by atoms with E-state index in [4.69, 9.17) is 8.84 Å². The molecule has 0 unspecified atom stereocenters. The number of rotatable bonds is 3. The summed E-state index contributed by atoms with van der Waals surface area (Å²) in [6.07, 6.45) is 0. The number of carbonyl (C=O) groups is 1. The molecule has 0 bridgehead atoms. The number of methoxy groups -OCH3 is 1. The van der Waals surface area contributed by atoms with Crippen molar-refractivity contribution in [3.8, 4) is 11.8 Å². The van der Waals surface area contributed by atoms with Gasteiger partial charge in [-0.25, -0.2) is 4.79 Å². The highest BCUT2D eigenvalue weighted by atomic mass is 28.4. The molecule has 0 radical (unpaired) electrons. The SMILES string of the molecule is COC(=O)c1ccc(C#CCO[Si](C)(C)C(C)(C)C)o1. The maximum atomic E-state index is 11.2. The molecule has 1 rings (SSSR count). The number of hydrogen-bond donors (Lipinski definition) is 0. The Labute approximate surface area is 121 Å². The number of ether oxygens (including phenoxy) is 1. The first kappa shape index (κ1) is 16.5. The van der Waals surface area contributed by atoms with Crippen molar-refractivity contribution in [2.75, 3.05) is 13.7 Å². The van der Waals surface area contributed by atoms with Crippen LogP contribution in [0.3, 0.4) is 0 Å². The number of esters is 1. The van der Waals surface area contributed by atoms with E-state index in [0.717, 1.165) is 0 Å². The summed E-state index contributed by atoms with van der Waals surface area (Å²) in [5.74, 6) is 5.84. The van der Waals surface area contributed by atoms with Gasteiger partial charge in [0.1, 0.15) is 0 Å². The fraction of sp³-hybridized carbons (Fsp3) is 0.533. The van der Waals surface area contributed by atoms with Gasteiger partial charge in [0.05, 0.1) is 13.7 Å². The maximum absolute atomic E-state index is 11.2. The smallest absolute Gasteiger partial charge is 0.374 e. The maximum Gasteiger partial charge on any atom is 0.374 e. The molecular formula is C15H22O4Si. The van der Waals surface area contributed by atoms with E-state index in [1.54, 1.807) is 12.1 Å². The van der Waals surface area contributed by atoms with E-state index >= 15 is 0 Å². The van der Waals surface area contributed by atoms with Crippen molar-refractivity contribution in [3.63, 3.8) is 0 Å². The minimum Gasteiger partial charge on any atom is -0.463 e. The zero-order chi connectivity index (χ0) is 15.4. The molecule has 0 N–H and O–H groups in total. The van der Waals surface area contributed by atoms with Crippen LogP contribution in [-0.4, -0.2) is 28.0 Å². The molecule has 110 valence electrons. The molecule has 1 aromatic heterocycles. The van der Waals surface area contributed by atoms with Crippen molar-refractivity contribution in [1.29, 1.82) is 0 Å². The van der Waals surface area contributed by atoms with E-state index < -0.39 is 14.3 Å². The van der Waals surface area contributed by atoms with Crippen LogP contribution in [0.1, 0.15) is 37.1 Å². The lowest BCUT2D eigenvalue weighted by atomic mass is 10.2. The van der Waals surface area contributed by atoms with Crippen molar-refractivity contribution >= 4 is 14.3 Å². The molecule has 0 aliphatic rings. The standard InChI is InChI=1S/C15H22O4Si/c1-15(2,3)20(5,6)18-11-7-8-12-9-10-13(19-12)14(16)17-4/h9-10H,11H2,1-6H3. The van der Waals surface area contributed by atoms with E-state index in [9.17, 15) is 4.79 Å². The molecule has 0 saturated heterocycles. The van der Waals surface area contributed by atoms with Gasteiger partial charge < -0.3 is 13.6 Å². The molecule has 0 amide bonds. The minimum absolute atomic E-state index is 0.155. The summed E-state index contributed by atoms with van der Waals surface area (Å²) in [6.45, 7) is 11.3. The van der Waals surface area contributed by atoms with Crippen LogP contribution >= 0.6 is 0 Å². The normalized spacial score (nSPS) is 11.7. The molecule has 0 spiro atoms. The lowest BCUT2D eigenvalue weighted by molar-refractivity contribution is 0.0564. The zero-order valence-corrected chi connectivity index (χ0v) is 14.0. The Morgan fingerprint density at radius 3 is 2.55 bits per heavy atom. The molecule has 5 heteroatoms. The first-order valence-corrected chi connectivity index (χ1v) is 9.39. The second-order valence-electron chi connectivity index (χ2n) is 6.01. The van der Waals surface area contributed by atoms with Crippen LogP contribution in [0.5, 0.6) is 0 Å². The topological polar surface area (TPSA) is 48.7 Å². The summed E-state index contributed by atoms with van der Waals surface area (Å²) in [4.78, 5) is 11.2. The molecule has 1 heterocycles. The highest BCUT2D eigenvalue weighted by Gasteiger charge is 2.36. The summed E-state index contributed by atoms with van der Waals surface area (Å²) < 4.78 is 15.7. The molecule has 0 fully saturated rings. The molecular weight excluding hydrogens is 272 g/mol. The van der Waals surface area contributed by atoms with Gasteiger partial charge >= 0.3 is 5.97 Å². The van der Waals surface area contributed by atoms with Gasteiger partial charge in [-0.15, -0.1) is 0 Å². The van der Waals surface area contributed by atoms with Crippen molar-refractivity contribution in [2.24, 2.45) is 0 Å². The monoisotopic (exact) mass is 294 g/mol. The van der Waals surface area contributed by atoms with Crippen LogP contribution in [0.15, 0.2) is 16.5 Å².